The van der Waals surface area contributed by atoms with Gasteiger partial charge in [-0.15, -0.1) is 0 Å². The SMILES string of the molecule is CC[C@@H](C)c1ccc(N=Cc2cccc(OC)c2O[C@@H](C)C(=O)O)cc1. The summed E-state index contributed by atoms with van der Waals surface area (Å²) in [6, 6.07) is 13.4. The molecule has 0 aliphatic heterocycles. The van der Waals surface area contributed by atoms with Crippen molar-refractivity contribution < 1.29 is 19.4 Å². The molecule has 2 rings (SSSR count). The quantitative estimate of drug-likeness (QED) is 0.690. The lowest BCUT2D eigenvalue weighted by atomic mass is 9.99. The average Bonchev–Trinajstić information content (AvgIpc) is 2.66. The van der Waals surface area contributed by atoms with Gasteiger partial charge in [0.15, 0.2) is 17.6 Å². The highest BCUT2D eigenvalue weighted by Crippen LogP contribution is 2.31. The van der Waals surface area contributed by atoms with Gasteiger partial charge >= 0.3 is 5.97 Å². The van der Waals surface area contributed by atoms with Gasteiger partial charge in [-0.2, -0.15) is 0 Å². The largest absolute Gasteiger partial charge is 0.493 e. The number of hydrogen-bond donors (Lipinski definition) is 1. The van der Waals surface area contributed by atoms with Gasteiger partial charge in [0.25, 0.3) is 0 Å². The van der Waals surface area contributed by atoms with Crippen LogP contribution >= 0.6 is 0 Å². The number of ether oxygens (including phenoxy) is 2. The standard InChI is InChI=1S/C21H25NO4/c1-5-14(2)16-9-11-18(12-10-16)22-13-17-7-6-8-19(25-4)20(17)26-15(3)21(23)24/h6-15H,5H2,1-4H3,(H,23,24)/t14-,15+/m1/s1. The van der Waals surface area contributed by atoms with Gasteiger partial charge in [0.1, 0.15) is 0 Å². The zero-order chi connectivity index (χ0) is 19.1. The predicted molar refractivity (Wildman–Crippen MR) is 103 cm³/mol. The lowest BCUT2D eigenvalue weighted by Crippen LogP contribution is -2.23. The first kappa shape index (κ1) is 19.5. The lowest BCUT2D eigenvalue weighted by Gasteiger charge is -2.15. The Morgan fingerprint density at radius 2 is 1.88 bits per heavy atom. The number of rotatable bonds is 8. The topological polar surface area (TPSA) is 68.1 Å². The Hall–Kier alpha value is -2.82. The van der Waals surface area contributed by atoms with Crippen LogP contribution in [0.4, 0.5) is 5.69 Å². The molecular weight excluding hydrogens is 330 g/mol. The van der Waals surface area contributed by atoms with Crippen LogP contribution in [0, 0.1) is 0 Å². The Balaban J connectivity index is 2.27. The zero-order valence-corrected chi connectivity index (χ0v) is 15.6. The number of benzene rings is 2. The maximum Gasteiger partial charge on any atom is 0.344 e. The van der Waals surface area contributed by atoms with E-state index in [1.54, 1.807) is 12.3 Å². The Bertz CT molecular complexity index is 768. The molecule has 0 spiro atoms. The molecule has 0 bridgehead atoms. The molecule has 2 aromatic rings. The van der Waals surface area contributed by atoms with E-state index in [-0.39, 0.29) is 0 Å². The fourth-order valence-electron chi connectivity index (χ4n) is 2.42. The number of aliphatic imine (C=N–C) groups is 1. The maximum absolute atomic E-state index is 11.1. The minimum absolute atomic E-state index is 0.366. The molecular formula is C21H25NO4. The second kappa shape index (κ2) is 9.04. The number of methoxy groups -OCH3 is 1. The molecule has 2 atom stereocenters. The third-order valence-electron chi connectivity index (χ3n) is 4.30. The number of hydrogen-bond acceptors (Lipinski definition) is 4. The highest BCUT2D eigenvalue weighted by molar-refractivity contribution is 5.87. The van der Waals surface area contributed by atoms with E-state index in [0.717, 1.165) is 12.1 Å². The van der Waals surface area contributed by atoms with Crippen LogP contribution in [0.15, 0.2) is 47.5 Å². The van der Waals surface area contributed by atoms with Crippen LogP contribution in [-0.2, 0) is 4.79 Å². The van der Waals surface area contributed by atoms with Gasteiger partial charge in [0, 0.05) is 11.8 Å². The Kier molecular flexibility index (Phi) is 6.78. The van der Waals surface area contributed by atoms with Gasteiger partial charge < -0.3 is 14.6 Å². The van der Waals surface area contributed by atoms with Crippen LogP contribution in [0.5, 0.6) is 11.5 Å². The summed E-state index contributed by atoms with van der Waals surface area (Å²) in [5.41, 5.74) is 2.76. The molecule has 0 aliphatic carbocycles. The van der Waals surface area contributed by atoms with E-state index in [2.05, 4.69) is 31.0 Å². The van der Waals surface area contributed by atoms with Crippen molar-refractivity contribution in [2.75, 3.05) is 7.11 Å². The molecule has 0 aliphatic rings. The van der Waals surface area contributed by atoms with Gasteiger partial charge in [-0.1, -0.05) is 32.0 Å². The molecule has 0 saturated heterocycles. The third-order valence-corrected chi connectivity index (χ3v) is 4.30. The number of aliphatic carboxylic acids is 1. The fourth-order valence-corrected chi connectivity index (χ4v) is 2.42. The van der Waals surface area contributed by atoms with E-state index in [4.69, 9.17) is 14.6 Å². The average molecular weight is 355 g/mol. The van der Waals surface area contributed by atoms with Crippen LogP contribution in [0.1, 0.15) is 44.2 Å². The molecule has 0 heterocycles. The van der Waals surface area contributed by atoms with Crippen molar-refractivity contribution in [3.8, 4) is 11.5 Å². The van der Waals surface area contributed by atoms with Gasteiger partial charge in [-0.05, 0) is 49.1 Å². The molecule has 0 unspecified atom stereocenters. The Morgan fingerprint density at radius 1 is 1.19 bits per heavy atom. The molecule has 1 N–H and O–H groups in total. The number of nitrogens with zero attached hydrogens (tertiary/aromatic N) is 1. The van der Waals surface area contributed by atoms with Crippen LogP contribution < -0.4 is 9.47 Å². The van der Waals surface area contributed by atoms with E-state index < -0.39 is 12.1 Å². The fraction of sp³-hybridized carbons (Fsp3) is 0.333. The second-order valence-corrected chi connectivity index (χ2v) is 6.14. The number of carbonyl (C=O) groups is 1. The van der Waals surface area contributed by atoms with Crippen molar-refractivity contribution in [2.24, 2.45) is 4.99 Å². The van der Waals surface area contributed by atoms with E-state index >= 15 is 0 Å². The van der Waals surface area contributed by atoms with Crippen LogP contribution in [-0.4, -0.2) is 30.5 Å². The van der Waals surface area contributed by atoms with Crippen molar-refractivity contribution in [1.29, 1.82) is 0 Å². The molecule has 0 saturated carbocycles. The van der Waals surface area contributed by atoms with E-state index in [0.29, 0.717) is 23.0 Å². The maximum atomic E-state index is 11.1. The highest BCUT2D eigenvalue weighted by Gasteiger charge is 2.17. The minimum Gasteiger partial charge on any atom is -0.493 e. The van der Waals surface area contributed by atoms with E-state index in [1.807, 2.05) is 24.3 Å². The molecule has 0 amide bonds. The molecule has 26 heavy (non-hydrogen) atoms. The van der Waals surface area contributed by atoms with E-state index in [1.165, 1.54) is 19.6 Å². The third kappa shape index (κ3) is 4.85. The van der Waals surface area contributed by atoms with Crippen molar-refractivity contribution in [2.45, 2.75) is 39.2 Å². The first-order chi connectivity index (χ1) is 12.5. The van der Waals surface area contributed by atoms with Crippen molar-refractivity contribution in [3.05, 3.63) is 53.6 Å². The van der Waals surface area contributed by atoms with Gasteiger partial charge in [0.2, 0.25) is 0 Å². The molecule has 0 fully saturated rings. The zero-order valence-electron chi connectivity index (χ0n) is 15.6. The summed E-state index contributed by atoms with van der Waals surface area (Å²) < 4.78 is 10.9. The monoisotopic (exact) mass is 355 g/mol. The minimum atomic E-state index is -1.04. The van der Waals surface area contributed by atoms with Crippen LogP contribution in [0.2, 0.25) is 0 Å². The summed E-state index contributed by atoms with van der Waals surface area (Å²) >= 11 is 0. The van der Waals surface area contributed by atoms with Crippen LogP contribution in [0.3, 0.4) is 0 Å². The molecule has 5 nitrogen and oxygen atoms in total. The van der Waals surface area contributed by atoms with E-state index in [9.17, 15) is 4.79 Å². The molecule has 138 valence electrons. The number of para-hydroxylation sites is 1. The first-order valence-electron chi connectivity index (χ1n) is 8.66. The molecule has 0 aromatic heterocycles. The summed E-state index contributed by atoms with van der Waals surface area (Å²) in [4.78, 5) is 15.6. The Morgan fingerprint density at radius 3 is 2.46 bits per heavy atom. The van der Waals surface area contributed by atoms with Crippen LogP contribution in [0.25, 0.3) is 0 Å². The molecule has 0 radical (unpaired) electrons. The molecule has 2 aromatic carbocycles. The normalized spacial score (nSPS) is 13.4. The van der Waals surface area contributed by atoms with Gasteiger partial charge in [-0.3, -0.25) is 4.99 Å². The van der Waals surface area contributed by atoms with Gasteiger partial charge in [0.05, 0.1) is 12.8 Å². The van der Waals surface area contributed by atoms with Crippen molar-refractivity contribution in [1.82, 2.24) is 0 Å². The summed E-state index contributed by atoms with van der Waals surface area (Å²) in [6.45, 7) is 5.84. The number of carboxylic acids is 1. The van der Waals surface area contributed by atoms with Crippen molar-refractivity contribution >= 4 is 17.9 Å². The smallest absolute Gasteiger partial charge is 0.344 e. The summed E-state index contributed by atoms with van der Waals surface area (Å²) in [5.74, 6) is 0.308. The highest BCUT2D eigenvalue weighted by atomic mass is 16.5. The summed E-state index contributed by atoms with van der Waals surface area (Å²) in [7, 11) is 1.52. The van der Waals surface area contributed by atoms with Crippen molar-refractivity contribution in [3.63, 3.8) is 0 Å². The second-order valence-electron chi connectivity index (χ2n) is 6.14. The predicted octanol–water partition coefficient (Wildman–Crippen LogP) is 4.81. The van der Waals surface area contributed by atoms with Gasteiger partial charge in [-0.25, -0.2) is 4.79 Å². The first-order valence-corrected chi connectivity index (χ1v) is 8.66. The summed E-state index contributed by atoms with van der Waals surface area (Å²) in [6.07, 6.45) is 1.76. The Labute approximate surface area is 154 Å². The summed E-state index contributed by atoms with van der Waals surface area (Å²) in [5, 5.41) is 9.10. The lowest BCUT2D eigenvalue weighted by molar-refractivity contribution is -0.144. The molecule has 5 heteroatoms. The number of carboxylic acid groups (broad SMARTS) is 1.